The van der Waals surface area contributed by atoms with Crippen molar-refractivity contribution < 1.29 is 29.0 Å². The second kappa shape index (κ2) is 7.67. The van der Waals surface area contributed by atoms with E-state index in [-0.39, 0.29) is 36.3 Å². The van der Waals surface area contributed by atoms with Gasteiger partial charge in [-0.3, -0.25) is 29.4 Å². The average molecular weight is 405 g/mol. The van der Waals surface area contributed by atoms with Crippen molar-refractivity contribution in [3.63, 3.8) is 0 Å². The minimum Gasteiger partial charge on any atom is -0.506 e. The van der Waals surface area contributed by atoms with E-state index in [2.05, 4.69) is 22.1 Å². The van der Waals surface area contributed by atoms with Gasteiger partial charge >= 0.3 is 0 Å². The van der Waals surface area contributed by atoms with Crippen LogP contribution in [0.3, 0.4) is 0 Å². The zero-order valence-electron chi connectivity index (χ0n) is 15.5. The van der Waals surface area contributed by atoms with Crippen molar-refractivity contribution >= 4 is 23.6 Å². The molecule has 1 aromatic carbocycles. The van der Waals surface area contributed by atoms with Crippen molar-refractivity contribution in [1.29, 1.82) is 0 Å². The first-order valence-electron chi connectivity index (χ1n) is 9.06. The van der Waals surface area contributed by atoms with Crippen LogP contribution in [0, 0.1) is 11.8 Å². The fraction of sp³-hybridized carbons (Fsp3) is 0.190. The van der Waals surface area contributed by atoms with Crippen molar-refractivity contribution in [3.8, 4) is 23.3 Å². The Kier molecular flexibility index (Phi) is 4.90. The van der Waals surface area contributed by atoms with Crippen LogP contribution >= 0.6 is 0 Å². The minimum absolute atomic E-state index is 0.0142. The Balaban J connectivity index is 1.46. The minimum atomic E-state index is -1.01. The molecule has 0 aliphatic carbocycles. The Morgan fingerprint density at radius 1 is 1.13 bits per heavy atom. The van der Waals surface area contributed by atoms with Crippen molar-refractivity contribution in [2.45, 2.75) is 18.9 Å². The molecule has 3 heterocycles. The molecule has 2 aliphatic heterocycles. The second-order valence-corrected chi connectivity index (χ2v) is 6.65. The monoisotopic (exact) mass is 405 g/mol. The summed E-state index contributed by atoms with van der Waals surface area (Å²) in [5, 5.41) is 11.3. The third-order valence-corrected chi connectivity index (χ3v) is 4.69. The van der Waals surface area contributed by atoms with Crippen molar-refractivity contribution in [1.82, 2.24) is 15.2 Å². The predicted octanol–water partition coefficient (Wildman–Crippen LogP) is 0.619. The highest BCUT2D eigenvalue weighted by atomic mass is 16.5. The van der Waals surface area contributed by atoms with Crippen LogP contribution in [-0.4, -0.2) is 51.3 Å². The number of ether oxygens (including phenoxy) is 1. The highest BCUT2D eigenvalue weighted by Gasteiger charge is 2.44. The van der Waals surface area contributed by atoms with E-state index in [4.69, 9.17) is 4.74 Å². The summed E-state index contributed by atoms with van der Waals surface area (Å²) in [6, 6.07) is 6.45. The molecule has 150 valence electrons. The molecule has 4 amide bonds. The van der Waals surface area contributed by atoms with Crippen LogP contribution in [0.15, 0.2) is 36.5 Å². The summed E-state index contributed by atoms with van der Waals surface area (Å²) in [7, 11) is 0. The van der Waals surface area contributed by atoms with Crippen molar-refractivity contribution in [2.75, 3.05) is 6.61 Å². The van der Waals surface area contributed by atoms with E-state index in [1.165, 1.54) is 24.4 Å². The zero-order valence-corrected chi connectivity index (χ0v) is 15.5. The number of rotatable bonds is 3. The second-order valence-electron chi connectivity index (χ2n) is 6.65. The van der Waals surface area contributed by atoms with Gasteiger partial charge in [0.15, 0.2) is 0 Å². The molecule has 1 fully saturated rings. The first kappa shape index (κ1) is 19.1. The number of hydrogen-bond acceptors (Lipinski definition) is 7. The third kappa shape index (κ3) is 3.58. The van der Waals surface area contributed by atoms with Gasteiger partial charge in [0.2, 0.25) is 11.8 Å². The number of aromatic hydroxyl groups is 1. The quantitative estimate of drug-likeness (QED) is 0.566. The predicted molar refractivity (Wildman–Crippen MR) is 101 cm³/mol. The van der Waals surface area contributed by atoms with Gasteiger partial charge in [-0.15, -0.1) is 0 Å². The Labute approximate surface area is 170 Å². The molecule has 1 atom stereocenters. The molecule has 1 aromatic heterocycles. The number of amides is 4. The number of fused-ring (bicyclic) bond motifs is 1. The number of carbonyl (C=O) groups is 4. The first-order valence-corrected chi connectivity index (χ1v) is 9.06. The van der Waals surface area contributed by atoms with Crippen LogP contribution in [0.2, 0.25) is 0 Å². The van der Waals surface area contributed by atoms with Crippen LogP contribution < -0.4 is 10.1 Å². The number of nitrogens with one attached hydrogen (secondary N) is 1. The summed E-state index contributed by atoms with van der Waals surface area (Å²) in [5.74, 6) is 3.66. The molecule has 0 spiro atoms. The maximum Gasteiger partial charge on any atom is 0.262 e. The highest BCUT2D eigenvalue weighted by Crippen LogP contribution is 2.30. The molecule has 1 unspecified atom stereocenters. The number of imide groups is 2. The van der Waals surface area contributed by atoms with Crippen LogP contribution in [0.5, 0.6) is 11.5 Å². The number of carbonyl (C=O) groups excluding carboxylic acids is 4. The van der Waals surface area contributed by atoms with E-state index < -0.39 is 29.7 Å². The van der Waals surface area contributed by atoms with Gasteiger partial charge in [-0.1, -0.05) is 5.92 Å². The van der Waals surface area contributed by atoms with E-state index in [1.807, 2.05) is 0 Å². The Morgan fingerprint density at radius 2 is 1.93 bits per heavy atom. The van der Waals surface area contributed by atoms with Crippen molar-refractivity contribution in [2.24, 2.45) is 0 Å². The van der Waals surface area contributed by atoms with E-state index in [0.717, 1.165) is 4.90 Å². The summed E-state index contributed by atoms with van der Waals surface area (Å²) < 4.78 is 5.52. The molecule has 0 bridgehead atoms. The lowest BCUT2D eigenvalue weighted by Gasteiger charge is -2.27. The summed E-state index contributed by atoms with van der Waals surface area (Å²) in [6.45, 7) is 0.0142. The van der Waals surface area contributed by atoms with Crippen LogP contribution in [0.25, 0.3) is 0 Å². The van der Waals surface area contributed by atoms with Crippen molar-refractivity contribution in [3.05, 3.63) is 53.3 Å². The number of piperidine rings is 1. The molecule has 9 nitrogen and oxygen atoms in total. The summed E-state index contributed by atoms with van der Waals surface area (Å²) >= 11 is 0. The van der Waals surface area contributed by atoms with Gasteiger partial charge in [0.1, 0.15) is 29.8 Å². The number of hydrogen-bond donors (Lipinski definition) is 2. The van der Waals surface area contributed by atoms with Gasteiger partial charge in [-0.25, -0.2) is 4.98 Å². The number of pyridine rings is 1. The molecule has 0 radical (unpaired) electrons. The fourth-order valence-electron chi connectivity index (χ4n) is 3.25. The Bertz CT molecular complexity index is 1130. The molecule has 30 heavy (non-hydrogen) atoms. The highest BCUT2D eigenvalue weighted by molar-refractivity contribution is 6.23. The van der Waals surface area contributed by atoms with E-state index in [9.17, 15) is 24.3 Å². The Morgan fingerprint density at radius 3 is 2.67 bits per heavy atom. The standard InChI is InChI=1S/C21H15N3O6/c25-13-4-3-12(22-11-13)2-1-9-30-14-5-6-15-16(10-14)21(29)24(20(15)28)17-7-8-18(26)23-19(17)27/h3-6,10-11,17,25H,7-9H2,(H,23,26,27). The van der Waals surface area contributed by atoms with Gasteiger partial charge in [-0.2, -0.15) is 0 Å². The molecule has 2 aliphatic rings. The Hall–Kier alpha value is -4.19. The third-order valence-electron chi connectivity index (χ3n) is 4.69. The number of benzene rings is 1. The molecule has 2 aromatic rings. The van der Waals surface area contributed by atoms with Crippen LogP contribution in [0.1, 0.15) is 39.3 Å². The number of aromatic nitrogens is 1. The summed E-state index contributed by atoms with van der Waals surface area (Å²) in [5.41, 5.74) is 0.776. The molecular weight excluding hydrogens is 390 g/mol. The van der Waals surface area contributed by atoms with Gasteiger partial charge in [-0.05, 0) is 42.7 Å². The lowest BCUT2D eigenvalue weighted by molar-refractivity contribution is -0.136. The van der Waals surface area contributed by atoms with E-state index >= 15 is 0 Å². The SMILES string of the molecule is O=C1CCC(N2C(=O)c3ccc(OCC#Cc4ccc(O)cn4)cc3C2=O)C(=O)N1. The lowest BCUT2D eigenvalue weighted by Crippen LogP contribution is -2.54. The fourth-order valence-corrected chi connectivity index (χ4v) is 3.25. The molecular formula is C21H15N3O6. The maximum absolute atomic E-state index is 12.8. The summed E-state index contributed by atoms with van der Waals surface area (Å²) in [6.07, 6.45) is 1.44. The summed E-state index contributed by atoms with van der Waals surface area (Å²) in [4.78, 5) is 53.6. The van der Waals surface area contributed by atoms with E-state index in [1.54, 1.807) is 12.1 Å². The average Bonchev–Trinajstić information content (AvgIpc) is 2.97. The topological polar surface area (TPSA) is 126 Å². The lowest BCUT2D eigenvalue weighted by atomic mass is 10.0. The van der Waals surface area contributed by atoms with E-state index in [0.29, 0.717) is 11.4 Å². The maximum atomic E-state index is 12.8. The van der Waals surface area contributed by atoms with Gasteiger partial charge in [0.25, 0.3) is 11.8 Å². The van der Waals surface area contributed by atoms with Gasteiger partial charge < -0.3 is 9.84 Å². The molecule has 2 N–H and O–H groups in total. The zero-order chi connectivity index (χ0) is 21.3. The molecule has 9 heteroatoms. The molecule has 4 rings (SSSR count). The van der Waals surface area contributed by atoms with Gasteiger partial charge in [0, 0.05) is 6.42 Å². The van der Waals surface area contributed by atoms with Crippen LogP contribution in [-0.2, 0) is 9.59 Å². The van der Waals surface area contributed by atoms with Gasteiger partial charge in [0.05, 0.1) is 17.3 Å². The first-order chi connectivity index (χ1) is 14.4. The molecule has 1 saturated heterocycles. The molecule has 0 saturated carbocycles. The van der Waals surface area contributed by atoms with Crippen LogP contribution in [0.4, 0.5) is 0 Å². The largest absolute Gasteiger partial charge is 0.506 e. The normalized spacial score (nSPS) is 17.9. The smallest absolute Gasteiger partial charge is 0.262 e. The number of nitrogens with zero attached hydrogens (tertiary/aromatic N) is 2.